The lowest BCUT2D eigenvalue weighted by molar-refractivity contribution is -0.133. The molecule has 1 aliphatic heterocycles. The van der Waals surface area contributed by atoms with Crippen molar-refractivity contribution >= 4 is 17.5 Å². The highest BCUT2D eigenvalue weighted by molar-refractivity contribution is 5.97. The van der Waals surface area contributed by atoms with Crippen LogP contribution in [-0.4, -0.2) is 42.9 Å². The van der Waals surface area contributed by atoms with E-state index in [2.05, 4.69) is 16.3 Å². The van der Waals surface area contributed by atoms with E-state index in [-0.39, 0.29) is 11.8 Å². The summed E-state index contributed by atoms with van der Waals surface area (Å²) in [7, 11) is 2.04. The Balaban J connectivity index is 1.69. The van der Waals surface area contributed by atoms with Crippen molar-refractivity contribution in [3.63, 3.8) is 0 Å². The molecule has 0 spiro atoms. The lowest BCUT2D eigenvalue weighted by Crippen LogP contribution is -2.47. The van der Waals surface area contributed by atoms with E-state index in [0.29, 0.717) is 18.7 Å². The van der Waals surface area contributed by atoms with Crippen molar-refractivity contribution in [2.24, 2.45) is 0 Å². The molecular formula is C21H25N3O2. The molecule has 2 aromatic carbocycles. The molecule has 2 amide bonds. The monoisotopic (exact) mass is 351 g/mol. The quantitative estimate of drug-likeness (QED) is 0.925. The number of fused-ring (bicyclic) bond motifs is 1. The van der Waals surface area contributed by atoms with Gasteiger partial charge in [0.2, 0.25) is 5.91 Å². The van der Waals surface area contributed by atoms with Crippen LogP contribution in [0, 0.1) is 6.92 Å². The number of hydrogen-bond acceptors (Lipinski definition) is 3. The van der Waals surface area contributed by atoms with Gasteiger partial charge in [-0.1, -0.05) is 35.9 Å². The van der Waals surface area contributed by atoms with Gasteiger partial charge in [-0.25, -0.2) is 0 Å². The molecule has 2 aromatic rings. The molecule has 5 heteroatoms. The number of rotatable bonds is 3. The molecule has 0 radical (unpaired) electrons. The van der Waals surface area contributed by atoms with E-state index in [0.717, 1.165) is 23.4 Å². The van der Waals surface area contributed by atoms with Gasteiger partial charge < -0.3 is 15.1 Å². The summed E-state index contributed by atoms with van der Waals surface area (Å²) in [4.78, 5) is 29.3. The smallest absolute Gasteiger partial charge is 0.251 e. The standard InChI is InChI=1S/C21H25N3O2/c1-15-7-6-9-17(13-15)20(25)22-16(2)21(26)24-12-11-23(3)19-10-5-4-8-18(19)14-24/h4-10,13,16H,11-12,14H2,1-3H3,(H,22,25). The van der Waals surface area contributed by atoms with Crippen molar-refractivity contribution < 1.29 is 9.59 Å². The summed E-state index contributed by atoms with van der Waals surface area (Å²) >= 11 is 0. The number of hydrogen-bond donors (Lipinski definition) is 1. The number of aryl methyl sites for hydroxylation is 1. The van der Waals surface area contributed by atoms with Gasteiger partial charge in [-0.3, -0.25) is 9.59 Å². The highest BCUT2D eigenvalue weighted by atomic mass is 16.2. The van der Waals surface area contributed by atoms with E-state index in [1.807, 2.05) is 55.3 Å². The Hall–Kier alpha value is -2.82. The van der Waals surface area contributed by atoms with Gasteiger partial charge in [0.1, 0.15) is 6.04 Å². The summed E-state index contributed by atoms with van der Waals surface area (Å²) in [6, 6.07) is 14.9. The number of benzene rings is 2. The molecule has 0 saturated carbocycles. The molecular weight excluding hydrogens is 326 g/mol. The van der Waals surface area contributed by atoms with Crippen molar-refractivity contribution in [2.75, 3.05) is 25.0 Å². The van der Waals surface area contributed by atoms with Crippen LogP contribution >= 0.6 is 0 Å². The fourth-order valence-electron chi connectivity index (χ4n) is 3.28. The molecule has 1 aliphatic rings. The predicted octanol–water partition coefficient (Wildman–Crippen LogP) is 2.59. The summed E-state index contributed by atoms with van der Waals surface area (Å²) in [5.41, 5.74) is 3.87. The lowest BCUT2D eigenvalue weighted by Gasteiger charge is -2.25. The molecule has 1 unspecified atom stereocenters. The summed E-state index contributed by atoms with van der Waals surface area (Å²) in [5.74, 6) is -0.280. The van der Waals surface area contributed by atoms with Gasteiger partial charge in [0.05, 0.1) is 0 Å². The van der Waals surface area contributed by atoms with Crippen LogP contribution < -0.4 is 10.2 Å². The molecule has 1 atom stereocenters. The maximum atomic E-state index is 12.9. The average Bonchev–Trinajstić information content (AvgIpc) is 2.80. The van der Waals surface area contributed by atoms with E-state index in [1.54, 1.807) is 13.0 Å². The van der Waals surface area contributed by atoms with Crippen LogP contribution in [0.25, 0.3) is 0 Å². The first-order valence-corrected chi connectivity index (χ1v) is 8.91. The topological polar surface area (TPSA) is 52.7 Å². The Bertz CT molecular complexity index is 818. The van der Waals surface area contributed by atoms with Gasteiger partial charge in [-0.15, -0.1) is 0 Å². The second-order valence-corrected chi connectivity index (χ2v) is 6.87. The first kappa shape index (κ1) is 18.0. The number of anilines is 1. The average molecular weight is 351 g/mol. The molecule has 0 aliphatic carbocycles. The first-order chi connectivity index (χ1) is 12.5. The maximum Gasteiger partial charge on any atom is 0.251 e. The van der Waals surface area contributed by atoms with Crippen LogP contribution in [0.3, 0.4) is 0 Å². The fourth-order valence-corrected chi connectivity index (χ4v) is 3.28. The molecule has 0 saturated heterocycles. The van der Waals surface area contributed by atoms with E-state index in [1.165, 1.54) is 0 Å². The summed E-state index contributed by atoms with van der Waals surface area (Å²) < 4.78 is 0. The highest BCUT2D eigenvalue weighted by Crippen LogP contribution is 2.23. The zero-order chi connectivity index (χ0) is 18.7. The van der Waals surface area contributed by atoms with Gasteiger partial charge in [-0.2, -0.15) is 0 Å². The van der Waals surface area contributed by atoms with E-state index in [4.69, 9.17) is 0 Å². The van der Waals surface area contributed by atoms with Crippen LogP contribution in [0.15, 0.2) is 48.5 Å². The van der Waals surface area contributed by atoms with Crippen molar-refractivity contribution in [1.29, 1.82) is 0 Å². The molecule has 26 heavy (non-hydrogen) atoms. The Morgan fingerprint density at radius 1 is 1.08 bits per heavy atom. The van der Waals surface area contributed by atoms with E-state index >= 15 is 0 Å². The lowest BCUT2D eigenvalue weighted by atomic mass is 10.1. The molecule has 1 N–H and O–H groups in total. The molecule has 3 rings (SSSR count). The van der Waals surface area contributed by atoms with Crippen molar-refractivity contribution in [2.45, 2.75) is 26.4 Å². The third-order valence-electron chi connectivity index (χ3n) is 4.78. The molecule has 0 fully saturated rings. The van der Waals surface area contributed by atoms with Crippen molar-refractivity contribution in [3.05, 3.63) is 65.2 Å². The minimum absolute atomic E-state index is 0.0592. The number of para-hydroxylation sites is 1. The number of amides is 2. The normalized spacial score (nSPS) is 15.0. The minimum atomic E-state index is -0.571. The van der Waals surface area contributed by atoms with Crippen molar-refractivity contribution in [1.82, 2.24) is 10.2 Å². The number of nitrogens with zero attached hydrogens (tertiary/aromatic N) is 2. The van der Waals surface area contributed by atoms with E-state index in [9.17, 15) is 9.59 Å². The molecule has 136 valence electrons. The third kappa shape index (κ3) is 3.87. The minimum Gasteiger partial charge on any atom is -0.373 e. The Morgan fingerprint density at radius 3 is 2.62 bits per heavy atom. The van der Waals surface area contributed by atoms with Crippen LogP contribution in [0.4, 0.5) is 5.69 Å². The number of nitrogens with one attached hydrogen (secondary N) is 1. The first-order valence-electron chi connectivity index (χ1n) is 8.91. The molecule has 1 heterocycles. The van der Waals surface area contributed by atoms with Gasteiger partial charge in [0.25, 0.3) is 5.91 Å². The Morgan fingerprint density at radius 2 is 1.85 bits per heavy atom. The zero-order valence-electron chi connectivity index (χ0n) is 15.5. The molecule has 0 aromatic heterocycles. The summed E-state index contributed by atoms with van der Waals surface area (Å²) in [6.45, 7) is 5.65. The van der Waals surface area contributed by atoms with Crippen LogP contribution in [-0.2, 0) is 11.3 Å². The largest absolute Gasteiger partial charge is 0.373 e. The van der Waals surface area contributed by atoms with Gasteiger partial charge in [0, 0.05) is 37.9 Å². The zero-order valence-corrected chi connectivity index (χ0v) is 15.5. The summed E-state index contributed by atoms with van der Waals surface area (Å²) in [5, 5.41) is 2.83. The SMILES string of the molecule is Cc1cccc(C(=O)NC(C)C(=O)N2CCN(C)c3ccccc3C2)c1. The summed E-state index contributed by atoms with van der Waals surface area (Å²) in [6.07, 6.45) is 0. The highest BCUT2D eigenvalue weighted by Gasteiger charge is 2.26. The second-order valence-electron chi connectivity index (χ2n) is 6.87. The Kier molecular flexibility index (Phi) is 5.26. The van der Waals surface area contributed by atoms with Gasteiger partial charge in [-0.05, 0) is 37.6 Å². The van der Waals surface area contributed by atoms with Crippen LogP contribution in [0.1, 0.15) is 28.4 Å². The van der Waals surface area contributed by atoms with Crippen molar-refractivity contribution in [3.8, 4) is 0 Å². The van der Waals surface area contributed by atoms with Crippen LogP contribution in [0.5, 0.6) is 0 Å². The van der Waals surface area contributed by atoms with E-state index < -0.39 is 6.04 Å². The van der Waals surface area contributed by atoms with Gasteiger partial charge in [0.15, 0.2) is 0 Å². The third-order valence-corrected chi connectivity index (χ3v) is 4.78. The number of likely N-dealkylation sites (N-methyl/N-ethyl adjacent to an activating group) is 1. The second kappa shape index (κ2) is 7.60. The molecule has 5 nitrogen and oxygen atoms in total. The maximum absolute atomic E-state index is 12.9. The predicted molar refractivity (Wildman–Crippen MR) is 103 cm³/mol. The van der Waals surface area contributed by atoms with Crippen LogP contribution in [0.2, 0.25) is 0 Å². The Labute approximate surface area is 154 Å². The number of carbonyl (C=O) groups excluding carboxylic acids is 2. The number of carbonyl (C=O) groups is 2. The van der Waals surface area contributed by atoms with Gasteiger partial charge >= 0.3 is 0 Å². The molecule has 0 bridgehead atoms. The fraction of sp³-hybridized carbons (Fsp3) is 0.333.